The third kappa shape index (κ3) is 2.23. The van der Waals surface area contributed by atoms with E-state index in [0.717, 1.165) is 30.0 Å². The second-order valence-electron chi connectivity index (χ2n) is 5.34. The van der Waals surface area contributed by atoms with Gasteiger partial charge in [0, 0.05) is 12.6 Å². The highest BCUT2D eigenvalue weighted by Crippen LogP contribution is 2.31. The Hall–Kier alpha value is -1.84. The zero-order chi connectivity index (χ0) is 13.4. The number of anilines is 1. The number of hydrogen-bond acceptors (Lipinski definition) is 2. The molecule has 3 nitrogen and oxygen atoms in total. The Morgan fingerprint density at radius 3 is 2.95 bits per heavy atom. The van der Waals surface area contributed by atoms with E-state index < -0.39 is 0 Å². The summed E-state index contributed by atoms with van der Waals surface area (Å²) in [4.78, 5) is 0. The monoisotopic (exact) mass is 259 g/mol. The van der Waals surface area contributed by atoms with Crippen molar-refractivity contribution in [1.82, 2.24) is 9.78 Å². The second-order valence-corrected chi connectivity index (χ2v) is 5.34. The van der Waals surface area contributed by atoms with Crippen molar-refractivity contribution in [1.29, 1.82) is 0 Å². The second kappa shape index (κ2) is 4.68. The minimum atomic E-state index is -0.186. The summed E-state index contributed by atoms with van der Waals surface area (Å²) < 4.78 is 15.4. The first-order chi connectivity index (χ1) is 9.15. The first-order valence-corrected chi connectivity index (χ1v) is 6.74. The third-order valence-corrected chi connectivity index (χ3v) is 3.60. The molecule has 0 amide bonds. The molecular weight excluding hydrogens is 241 g/mol. The van der Waals surface area contributed by atoms with Crippen LogP contribution in [0.3, 0.4) is 0 Å². The van der Waals surface area contributed by atoms with Gasteiger partial charge in [-0.1, -0.05) is 26.0 Å². The molecule has 3 rings (SSSR count). The fourth-order valence-electron chi connectivity index (χ4n) is 2.55. The van der Waals surface area contributed by atoms with Gasteiger partial charge in [0.05, 0.1) is 11.7 Å². The molecule has 0 fully saturated rings. The Morgan fingerprint density at radius 2 is 2.21 bits per heavy atom. The van der Waals surface area contributed by atoms with Gasteiger partial charge >= 0.3 is 0 Å². The van der Waals surface area contributed by atoms with Gasteiger partial charge in [-0.05, 0) is 30.0 Å². The van der Waals surface area contributed by atoms with Crippen molar-refractivity contribution >= 4 is 5.82 Å². The third-order valence-electron chi connectivity index (χ3n) is 3.60. The summed E-state index contributed by atoms with van der Waals surface area (Å²) in [7, 11) is 0. The van der Waals surface area contributed by atoms with Crippen LogP contribution in [0.1, 0.15) is 43.5 Å². The van der Waals surface area contributed by atoms with Gasteiger partial charge in [-0.25, -0.2) is 9.07 Å². The van der Waals surface area contributed by atoms with Crippen LogP contribution in [-0.4, -0.2) is 16.3 Å². The maximum Gasteiger partial charge on any atom is 0.125 e. The van der Waals surface area contributed by atoms with Crippen LogP contribution in [0.2, 0.25) is 0 Å². The molecule has 1 N–H and O–H groups in total. The van der Waals surface area contributed by atoms with E-state index in [-0.39, 0.29) is 11.9 Å². The van der Waals surface area contributed by atoms with Crippen LogP contribution in [0, 0.1) is 5.82 Å². The zero-order valence-electron chi connectivity index (χ0n) is 11.2. The van der Waals surface area contributed by atoms with Gasteiger partial charge in [-0.2, -0.15) is 5.10 Å². The number of halogens is 1. The lowest BCUT2D eigenvalue weighted by molar-refractivity contribution is 0.473. The largest absolute Gasteiger partial charge is 0.370 e. The summed E-state index contributed by atoms with van der Waals surface area (Å²) in [5.74, 6) is 1.24. The lowest BCUT2D eigenvalue weighted by atomic mass is 10.0. The Balaban J connectivity index is 2.02. The molecule has 1 atom stereocenters. The molecule has 2 aromatic rings. The van der Waals surface area contributed by atoms with Crippen LogP contribution in [-0.2, 0) is 0 Å². The van der Waals surface area contributed by atoms with E-state index in [4.69, 9.17) is 0 Å². The highest BCUT2D eigenvalue weighted by Gasteiger charge is 2.23. The van der Waals surface area contributed by atoms with E-state index in [0.29, 0.717) is 5.92 Å². The minimum absolute atomic E-state index is 0.124. The van der Waals surface area contributed by atoms with Crippen LogP contribution < -0.4 is 5.32 Å². The quantitative estimate of drug-likeness (QED) is 0.893. The lowest BCUT2D eigenvalue weighted by Gasteiger charge is -2.26. The predicted molar refractivity (Wildman–Crippen MR) is 74.0 cm³/mol. The van der Waals surface area contributed by atoms with Crippen molar-refractivity contribution in [3.63, 3.8) is 0 Å². The summed E-state index contributed by atoms with van der Waals surface area (Å²) in [5.41, 5.74) is 2.06. The molecule has 100 valence electrons. The van der Waals surface area contributed by atoms with E-state index in [1.807, 2.05) is 10.7 Å². The van der Waals surface area contributed by atoms with Crippen LogP contribution in [0.25, 0.3) is 0 Å². The number of fused-ring (bicyclic) bond motifs is 1. The van der Waals surface area contributed by atoms with Crippen molar-refractivity contribution in [3.8, 4) is 0 Å². The van der Waals surface area contributed by atoms with Crippen molar-refractivity contribution in [3.05, 3.63) is 47.4 Å². The van der Waals surface area contributed by atoms with Gasteiger partial charge in [-0.15, -0.1) is 0 Å². The van der Waals surface area contributed by atoms with Crippen LogP contribution in [0.5, 0.6) is 0 Å². The number of nitrogens with one attached hydrogen (secondary N) is 1. The number of aromatic nitrogens is 2. The molecule has 1 aliphatic heterocycles. The average Bonchev–Trinajstić information content (AvgIpc) is 2.82. The summed E-state index contributed by atoms with van der Waals surface area (Å²) >= 11 is 0. The average molecular weight is 259 g/mol. The molecule has 1 aromatic heterocycles. The fourth-order valence-corrected chi connectivity index (χ4v) is 2.55. The first-order valence-electron chi connectivity index (χ1n) is 6.74. The Bertz CT molecular complexity index is 589. The highest BCUT2D eigenvalue weighted by molar-refractivity contribution is 5.42. The van der Waals surface area contributed by atoms with Crippen molar-refractivity contribution in [2.75, 3.05) is 11.9 Å². The van der Waals surface area contributed by atoms with E-state index in [2.05, 4.69) is 30.3 Å². The minimum Gasteiger partial charge on any atom is -0.370 e. The molecule has 1 aliphatic rings. The lowest BCUT2D eigenvalue weighted by Crippen LogP contribution is -2.24. The SMILES string of the molecule is CC(C)c1cc2n(n1)C(c1cccc(F)c1)CCN2. The van der Waals surface area contributed by atoms with Crippen LogP contribution in [0.4, 0.5) is 10.2 Å². The van der Waals surface area contributed by atoms with E-state index >= 15 is 0 Å². The standard InChI is InChI=1S/C15H18FN3/c1-10(2)13-9-15-17-7-6-14(19(15)18-13)11-4-3-5-12(16)8-11/h3-5,8-10,14,17H,6-7H2,1-2H3. The number of benzene rings is 1. The number of nitrogens with zero attached hydrogens (tertiary/aromatic N) is 2. The summed E-state index contributed by atoms with van der Waals surface area (Å²) in [6, 6.07) is 9.04. The maximum atomic E-state index is 13.4. The molecule has 19 heavy (non-hydrogen) atoms. The number of rotatable bonds is 2. The van der Waals surface area contributed by atoms with Crippen molar-refractivity contribution in [2.45, 2.75) is 32.2 Å². The topological polar surface area (TPSA) is 29.9 Å². The van der Waals surface area contributed by atoms with E-state index in [1.54, 1.807) is 12.1 Å². The summed E-state index contributed by atoms with van der Waals surface area (Å²) in [6.07, 6.45) is 0.926. The molecule has 4 heteroatoms. The smallest absolute Gasteiger partial charge is 0.125 e. The molecule has 0 saturated carbocycles. The molecule has 0 spiro atoms. The Kier molecular flexibility index (Phi) is 3.01. The Labute approximate surface area is 112 Å². The molecule has 0 saturated heterocycles. The first kappa shape index (κ1) is 12.2. The number of hydrogen-bond donors (Lipinski definition) is 1. The molecule has 1 unspecified atom stereocenters. The summed E-state index contributed by atoms with van der Waals surface area (Å²) in [5, 5.41) is 8.03. The van der Waals surface area contributed by atoms with E-state index in [1.165, 1.54) is 6.07 Å². The maximum absolute atomic E-state index is 13.4. The fraction of sp³-hybridized carbons (Fsp3) is 0.400. The normalized spacial score (nSPS) is 18.2. The van der Waals surface area contributed by atoms with Gasteiger partial charge in [0.15, 0.2) is 0 Å². The summed E-state index contributed by atoms with van der Waals surface area (Å²) in [6.45, 7) is 5.15. The molecule has 0 bridgehead atoms. The molecule has 0 aliphatic carbocycles. The van der Waals surface area contributed by atoms with Crippen LogP contribution >= 0.6 is 0 Å². The van der Waals surface area contributed by atoms with Gasteiger partial charge in [0.1, 0.15) is 11.6 Å². The van der Waals surface area contributed by atoms with Gasteiger partial charge in [0.2, 0.25) is 0 Å². The Morgan fingerprint density at radius 1 is 1.37 bits per heavy atom. The van der Waals surface area contributed by atoms with Gasteiger partial charge in [0.25, 0.3) is 0 Å². The zero-order valence-corrected chi connectivity index (χ0v) is 11.2. The van der Waals surface area contributed by atoms with E-state index in [9.17, 15) is 4.39 Å². The molecule has 1 aromatic carbocycles. The molecular formula is C15H18FN3. The molecule has 2 heterocycles. The molecule has 0 radical (unpaired) electrons. The van der Waals surface area contributed by atoms with Gasteiger partial charge < -0.3 is 5.32 Å². The van der Waals surface area contributed by atoms with Gasteiger partial charge in [-0.3, -0.25) is 0 Å². The highest BCUT2D eigenvalue weighted by atomic mass is 19.1. The predicted octanol–water partition coefficient (Wildman–Crippen LogP) is 3.55. The van der Waals surface area contributed by atoms with Crippen LogP contribution in [0.15, 0.2) is 30.3 Å². The van der Waals surface area contributed by atoms with Crippen molar-refractivity contribution < 1.29 is 4.39 Å². The van der Waals surface area contributed by atoms with Crippen molar-refractivity contribution in [2.24, 2.45) is 0 Å².